The molecule has 0 aromatic carbocycles. The summed E-state index contributed by atoms with van der Waals surface area (Å²) >= 11 is 0. The summed E-state index contributed by atoms with van der Waals surface area (Å²) < 4.78 is 2.53. The molecule has 5 heteroatoms. The largest absolute Gasteiger partial charge is 1.00 e. The van der Waals surface area contributed by atoms with Gasteiger partial charge in [0.15, 0.2) is 0 Å². The van der Waals surface area contributed by atoms with Gasteiger partial charge in [-0.2, -0.15) is 0 Å². The van der Waals surface area contributed by atoms with Gasteiger partial charge in [0.1, 0.15) is 0 Å². The van der Waals surface area contributed by atoms with Crippen LogP contribution in [0.1, 0.15) is 0 Å². The van der Waals surface area contributed by atoms with Crippen molar-refractivity contribution < 1.29 is 18.9 Å². The van der Waals surface area contributed by atoms with Crippen LogP contribution in [-0.2, 0) is 0 Å². The smallest absolute Gasteiger partial charge is 0.357 e. The van der Waals surface area contributed by atoms with Crippen LogP contribution in [0.3, 0.4) is 0 Å². The van der Waals surface area contributed by atoms with Crippen LogP contribution < -0.4 is 18.9 Å². The molecular formula is C11H30LiNSi3. The Morgan fingerprint density at radius 2 is 0.938 bits per heavy atom. The molecule has 0 amide bonds. The normalized spacial score (nSPS) is 14.2. The molecule has 0 saturated heterocycles. The minimum absolute atomic E-state index is 0. The van der Waals surface area contributed by atoms with E-state index in [2.05, 4.69) is 71.0 Å². The summed E-state index contributed by atoms with van der Waals surface area (Å²) in [5, 5.41) is 0. The average molecular weight is 268 g/mol. The van der Waals surface area contributed by atoms with Gasteiger partial charge in [-0.3, -0.25) is 4.79 Å². The van der Waals surface area contributed by atoms with Crippen molar-refractivity contribution in [3.05, 3.63) is 4.79 Å². The Hall–Kier alpha value is 1.21. The van der Waals surface area contributed by atoms with Gasteiger partial charge in [-0.1, -0.05) is 52.4 Å². The van der Waals surface area contributed by atoms with Crippen LogP contribution in [0, 0.1) is 4.79 Å². The summed E-state index contributed by atoms with van der Waals surface area (Å²) in [5.41, 5.74) is 0. The van der Waals surface area contributed by atoms with Crippen molar-refractivity contribution in [1.29, 1.82) is 0 Å². The second-order valence-corrected chi connectivity index (χ2v) is 23.3. The minimum atomic E-state index is -1.31. The van der Waals surface area contributed by atoms with E-state index in [0.717, 1.165) is 0 Å². The molecule has 1 nitrogen and oxygen atoms in total. The zero-order valence-corrected chi connectivity index (χ0v) is 16.4. The molecule has 0 spiro atoms. The van der Waals surface area contributed by atoms with Crippen molar-refractivity contribution in [3.8, 4) is 0 Å². The third-order valence-electron chi connectivity index (χ3n) is 3.23. The first-order valence-corrected chi connectivity index (χ1v) is 15.8. The zero-order chi connectivity index (χ0) is 12.7. The fraction of sp³-hybridized carbons (Fsp3) is 0.909. The Balaban J connectivity index is 0. The summed E-state index contributed by atoms with van der Waals surface area (Å²) in [6, 6.07) is 0. The van der Waals surface area contributed by atoms with Gasteiger partial charge in [-0.15, -0.1) is 16.1 Å². The molecule has 0 rings (SSSR count). The molecule has 0 saturated carbocycles. The monoisotopic (exact) mass is 267 g/mol. The fourth-order valence-corrected chi connectivity index (χ4v) is 28.7. The molecule has 16 heavy (non-hydrogen) atoms. The van der Waals surface area contributed by atoms with Crippen LogP contribution in [-0.4, -0.2) is 43.0 Å². The van der Waals surface area contributed by atoms with Crippen molar-refractivity contribution in [2.24, 2.45) is 0 Å². The number of nitrogens with zero attached hydrogens (tertiary/aromatic N) is 1. The Labute approximate surface area is 119 Å². The van der Waals surface area contributed by atoms with Gasteiger partial charge < -0.3 is 4.57 Å². The predicted molar refractivity (Wildman–Crippen MR) is 81.1 cm³/mol. The molecule has 0 unspecified atom stereocenters. The number of rotatable bonds is 4. The van der Waals surface area contributed by atoms with Gasteiger partial charge in [0.25, 0.3) is 0 Å². The summed E-state index contributed by atoms with van der Waals surface area (Å²) in [7, 11) is 0.990. The molecule has 0 radical (unpaired) electrons. The molecule has 92 valence electrons. The van der Waals surface area contributed by atoms with E-state index >= 15 is 0 Å². The zero-order valence-electron chi connectivity index (χ0n) is 13.4. The van der Waals surface area contributed by atoms with Gasteiger partial charge in [0.05, 0.1) is 0 Å². The molecule has 0 aliphatic rings. The van der Waals surface area contributed by atoms with Crippen molar-refractivity contribution in [2.75, 3.05) is 14.1 Å². The van der Waals surface area contributed by atoms with Crippen LogP contribution >= 0.6 is 0 Å². The molecule has 0 aliphatic heterocycles. The third kappa shape index (κ3) is 4.83. The third-order valence-corrected chi connectivity index (χ3v) is 22.4. The molecule has 0 fully saturated rings. The Bertz CT molecular complexity index is 202. The minimum Gasteiger partial charge on any atom is -0.357 e. The van der Waals surface area contributed by atoms with Gasteiger partial charge in [0, 0.05) is 0 Å². The van der Waals surface area contributed by atoms with Gasteiger partial charge in [-0.25, -0.2) is 0 Å². The van der Waals surface area contributed by atoms with E-state index in [9.17, 15) is 0 Å². The van der Waals surface area contributed by atoms with Crippen molar-refractivity contribution in [2.45, 2.75) is 52.4 Å². The van der Waals surface area contributed by atoms with Crippen molar-refractivity contribution in [3.63, 3.8) is 0 Å². The van der Waals surface area contributed by atoms with Crippen LogP contribution in [0.2, 0.25) is 52.4 Å². The van der Waals surface area contributed by atoms with Gasteiger partial charge >= 0.3 is 18.9 Å². The van der Waals surface area contributed by atoms with Crippen LogP contribution in [0.25, 0.3) is 0 Å². The summed E-state index contributed by atoms with van der Waals surface area (Å²) in [6.07, 6.45) is 0. The number of hydrogen-bond donors (Lipinski definition) is 0. The van der Waals surface area contributed by atoms with Gasteiger partial charge in [-0.05, 0) is 22.3 Å². The van der Waals surface area contributed by atoms with E-state index in [-0.39, 0.29) is 18.9 Å². The topological polar surface area (TPSA) is 3.24 Å². The molecule has 0 N–H and O–H groups in total. The Morgan fingerprint density at radius 1 is 0.688 bits per heavy atom. The maximum Gasteiger partial charge on any atom is 1.00 e. The SMILES string of the molecule is CN(C)[Si](C)(C)[C-]([Si](C)(C)C)[Si](C)(C)C.[Li+]. The number of hydrogen-bond acceptors (Lipinski definition) is 1. The van der Waals surface area contributed by atoms with Gasteiger partial charge in [0.2, 0.25) is 0 Å². The maximum atomic E-state index is 2.53. The average Bonchev–Trinajstić information content (AvgIpc) is 1.76. The first-order chi connectivity index (χ1) is 6.31. The van der Waals surface area contributed by atoms with Crippen LogP contribution in [0.4, 0.5) is 0 Å². The second kappa shape index (κ2) is 5.90. The quantitative estimate of drug-likeness (QED) is 0.533. The predicted octanol–water partition coefficient (Wildman–Crippen LogP) is 0.626. The van der Waals surface area contributed by atoms with Crippen LogP contribution in [0.5, 0.6) is 0 Å². The van der Waals surface area contributed by atoms with Crippen LogP contribution in [0.15, 0.2) is 0 Å². The molecular weight excluding hydrogens is 237 g/mol. The molecule has 0 aromatic heterocycles. The molecule has 0 aliphatic carbocycles. The van der Waals surface area contributed by atoms with E-state index in [0.29, 0.717) is 0 Å². The Morgan fingerprint density at radius 3 is 1.00 bits per heavy atom. The molecule has 0 heterocycles. The molecule has 0 aromatic rings. The molecule has 0 atom stereocenters. The Kier molecular flexibility index (Phi) is 7.21. The molecule has 0 bridgehead atoms. The fourth-order valence-electron chi connectivity index (χ4n) is 3.18. The standard InChI is InChI=1S/C11H30NSi3.Li/c1-12(2)15(9,10)11(13(3,4)5)14(6,7)8;/h1-10H3;/q-1;+1. The maximum absolute atomic E-state index is 2.53. The van der Waals surface area contributed by atoms with E-state index < -0.39 is 24.4 Å². The van der Waals surface area contributed by atoms with E-state index in [1.165, 1.54) is 0 Å². The van der Waals surface area contributed by atoms with E-state index in [4.69, 9.17) is 0 Å². The second-order valence-electron chi connectivity index (χ2n) is 7.33. The first kappa shape index (κ1) is 19.5. The van der Waals surface area contributed by atoms with Crippen molar-refractivity contribution >= 4 is 24.4 Å². The summed E-state index contributed by atoms with van der Waals surface area (Å²) in [6.45, 7) is 20.2. The van der Waals surface area contributed by atoms with E-state index in [1.807, 2.05) is 4.79 Å². The summed E-state index contributed by atoms with van der Waals surface area (Å²) in [5.74, 6) is 0. The first-order valence-electron chi connectivity index (χ1n) is 5.87. The van der Waals surface area contributed by atoms with E-state index in [1.54, 1.807) is 0 Å². The summed E-state index contributed by atoms with van der Waals surface area (Å²) in [4.78, 5) is 2.02. The van der Waals surface area contributed by atoms with Crippen molar-refractivity contribution in [1.82, 2.24) is 4.57 Å².